The van der Waals surface area contributed by atoms with Gasteiger partial charge in [-0.05, 0) is 46.1 Å². The highest BCUT2D eigenvalue weighted by atomic mass is 14.5. The summed E-state index contributed by atoms with van der Waals surface area (Å²) in [7, 11) is 0. The van der Waals surface area contributed by atoms with Crippen LogP contribution in [0.1, 0.15) is 69.7 Å². The molecule has 4 rings (SSSR count). The van der Waals surface area contributed by atoms with Gasteiger partial charge in [-0.3, -0.25) is 0 Å². The molecule has 0 aliphatic heterocycles. The van der Waals surface area contributed by atoms with E-state index in [1.165, 1.54) is 22.3 Å². The molecule has 0 aromatic heterocycles. The maximum absolute atomic E-state index is 2.49. The monoisotopic (exact) mass is 356 g/mol. The zero-order chi connectivity index (χ0) is 19.3. The van der Waals surface area contributed by atoms with Crippen molar-refractivity contribution in [3.8, 4) is 0 Å². The molecule has 1 atom stereocenters. The highest BCUT2D eigenvalue weighted by Gasteiger charge is 2.41. The predicted molar refractivity (Wildman–Crippen MR) is 118 cm³/mol. The van der Waals surface area contributed by atoms with Gasteiger partial charge >= 0.3 is 0 Å². The van der Waals surface area contributed by atoms with Gasteiger partial charge < -0.3 is 0 Å². The lowest BCUT2D eigenvalue weighted by atomic mass is 9.68. The van der Waals surface area contributed by atoms with E-state index in [0.29, 0.717) is 17.8 Å². The van der Waals surface area contributed by atoms with Gasteiger partial charge in [-0.15, -0.1) is 0 Å². The van der Waals surface area contributed by atoms with Crippen molar-refractivity contribution in [1.29, 1.82) is 0 Å². The largest absolute Gasteiger partial charge is 0.0619 e. The lowest BCUT2D eigenvalue weighted by Crippen LogP contribution is -2.24. The molecule has 0 heteroatoms. The van der Waals surface area contributed by atoms with Gasteiger partial charge in [0.25, 0.3) is 0 Å². The smallest absolute Gasteiger partial charge is 0.00890 e. The normalized spacial score (nSPS) is 19.0. The average molecular weight is 357 g/mol. The zero-order valence-corrected chi connectivity index (χ0v) is 17.6. The van der Waals surface area contributed by atoms with Crippen molar-refractivity contribution in [3.05, 3.63) is 81.9 Å². The van der Waals surface area contributed by atoms with Crippen LogP contribution in [0.25, 0.3) is 11.6 Å². The van der Waals surface area contributed by atoms with Gasteiger partial charge in [-0.1, -0.05) is 107 Å². The number of allylic oxidation sites excluding steroid dienone is 3. The maximum atomic E-state index is 2.49. The van der Waals surface area contributed by atoms with Crippen LogP contribution in [-0.2, 0) is 6.42 Å². The summed E-state index contributed by atoms with van der Waals surface area (Å²) in [6.45, 7) is 14.4. The van der Waals surface area contributed by atoms with Crippen LogP contribution in [0.5, 0.6) is 0 Å². The van der Waals surface area contributed by atoms with Crippen LogP contribution in [0.15, 0.2) is 59.7 Å². The molecule has 0 spiro atoms. The fourth-order valence-electron chi connectivity index (χ4n) is 5.41. The second-order valence-electron chi connectivity index (χ2n) is 9.46. The van der Waals surface area contributed by atoms with E-state index >= 15 is 0 Å². The molecular weight excluding hydrogens is 324 g/mol. The van der Waals surface area contributed by atoms with Crippen LogP contribution < -0.4 is 0 Å². The third-order valence-electron chi connectivity index (χ3n) is 6.70. The molecule has 0 N–H and O–H groups in total. The van der Waals surface area contributed by atoms with Gasteiger partial charge in [-0.2, -0.15) is 0 Å². The fourth-order valence-corrected chi connectivity index (χ4v) is 5.41. The Bertz CT molecular complexity index is 934. The Labute approximate surface area is 165 Å². The summed E-state index contributed by atoms with van der Waals surface area (Å²) in [4.78, 5) is 0. The second kappa shape index (κ2) is 6.51. The highest BCUT2D eigenvalue weighted by Crippen LogP contribution is 2.55. The molecule has 140 valence electrons. The highest BCUT2D eigenvalue weighted by molar-refractivity contribution is 5.80. The van der Waals surface area contributed by atoms with Crippen molar-refractivity contribution in [1.82, 2.24) is 0 Å². The van der Waals surface area contributed by atoms with E-state index in [1.54, 1.807) is 16.7 Å². The number of hydrogen-bond donors (Lipinski definition) is 0. The number of fused-ring (bicyclic) bond motifs is 2. The van der Waals surface area contributed by atoms with Crippen LogP contribution in [-0.4, -0.2) is 0 Å². The Morgan fingerprint density at radius 2 is 1.56 bits per heavy atom. The molecule has 0 nitrogen and oxygen atoms in total. The number of hydrogen-bond acceptors (Lipinski definition) is 0. The predicted octanol–water partition coefficient (Wildman–Crippen LogP) is 7.52. The molecule has 2 aliphatic rings. The lowest BCUT2D eigenvalue weighted by molar-refractivity contribution is 0.441. The van der Waals surface area contributed by atoms with Crippen molar-refractivity contribution in [2.75, 3.05) is 0 Å². The Morgan fingerprint density at radius 3 is 2.26 bits per heavy atom. The van der Waals surface area contributed by atoms with E-state index in [0.717, 1.165) is 6.42 Å². The van der Waals surface area contributed by atoms with Crippen LogP contribution in [0.4, 0.5) is 0 Å². The molecule has 1 unspecified atom stereocenters. The van der Waals surface area contributed by atoms with Gasteiger partial charge in [0.05, 0.1) is 0 Å². The first-order valence-electron chi connectivity index (χ1n) is 10.4. The van der Waals surface area contributed by atoms with Crippen LogP contribution >= 0.6 is 0 Å². The van der Waals surface area contributed by atoms with Gasteiger partial charge in [0, 0.05) is 11.3 Å². The van der Waals surface area contributed by atoms with E-state index in [4.69, 9.17) is 0 Å². The summed E-state index contributed by atoms with van der Waals surface area (Å²) in [5.41, 5.74) is 10.8. The molecule has 2 aliphatic carbocycles. The minimum absolute atomic E-state index is 0.0621. The van der Waals surface area contributed by atoms with Crippen molar-refractivity contribution in [2.45, 2.75) is 53.9 Å². The molecule has 0 bridgehead atoms. The first-order chi connectivity index (χ1) is 12.8. The molecule has 0 heterocycles. The minimum atomic E-state index is 0.0621. The van der Waals surface area contributed by atoms with Gasteiger partial charge in [-0.25, -0.2) is 0 Å². The Balaban J connectivity index is 1.86. The summed E-state index contributed by atoms with van der Waals surface area (Å²) >= 11 is 0. The Morgan fingerprint density at radius 1 is 0.889 bits per heavy atom. The zero-order valence-electron chi connectivity index (χ0n) is 17.6. The second-order valence-corrected chi connectivity index (χ2v) is 9.46. The quantitative estimate of drug-likeness (QED) is 0.531. The van der Waals surface area contributed by atoms with Crippen molar-refractivity contribution < 1.29 is 0 Å². The first kappa shape index (κ1) is 18.3. The summed E-state index contributed by atoms with van der Waals surface area (Å²) < 4.78 is 0. The average Bonchev–Trinajstić information content (AvgIpc) is 3.21. The summed E-state index contributed by atoms with van der Waals surface area (Å²) in [5.74, 6) is 1.66. The number of benzene rings is 2. The summed E-state index contributed by atoms with van der Waals surface area (Å²) in [6, 6.07) is 18.0. The standard InChI is InChI=1S/C27H32/c1-17(2)25-21-13-9-7-11-19(21)15-23(25)27(5,6)24-16-20-12-8-10-14-22(20)26(24)18(3)4/h7-15,17-18,25H,16H2,1-6H3. The van der Waals surface area contributed by atoms with Crippen molar-refractivity contribution >= 4 is 11.6 Å². The SMILES string of the molecule is CC(C)C1=C(C(C)(C)C2=Cc3ccccc3C2C(C)C)Cc2ccccc21. The molecule has 2 aromatic rings. The molecule has 0 fully saturated rings. The third-order valence-corrected chi connectivity index (χ3v) is 6.70. The fraction of sp³-hybridized carbons (Fsp3) is 0.407. The first-order valence-corrected chi connectivity index (χ1v) is 10.4. The molecule has 2 aromatic carbocycles. The molecule has 0 saturated heterocycles. The van der Waals surface area contributed by atoms with E-state index in [2.05, 4.69) is 96.1 Å². The molecular formula is C27H32. The third kappa shape index (κ3) is 2.81. The Kier molecular flexibility index (Phi) is 4.41. The van der Waals surface area contributed by atoms with Crippen LogP contribution in [0.3, 0.4) is 0 Å². The van der Waals surface area contributed by atoms with Gasteiger partial charge in [0.2, 0.25) is 0 Å². The van der Waals surface area contributed by atoms with Gasteiger partial charge in [0.1, 0.15) is 0 Å². The summed E-state index contributed by atoms with van der Waals surface area (Å²) in [5, 5.41) is 0. The molecule has 0 radical (unpaired) electrons. The van der Waals surface area contributed by atoms with E-state index in [-0.39, 0.29) is 5.41 Å². The summed E-state index contributed by atoms with van der Waals surface area (Å²) in [6.07, 6.45) is 3.59. The van der Waals surface area contributed by atoms with Crippen LogP contribution in [0, 0.1) is 17.3 Å². The minimum Gasteiger partial charge on any atom is -0.0619 e. The van der Waals surface area contributed by atoms with Crippen molar-refractivity contribution in [2.24, 2.45) is 17.3 Å². The van der Waals surface area contributed by atoms with E-state index in [1.807, 2.05) is 0 Å². The molecule has 0 amide bonds. The number of rotatable bonds is 4. The van der Waals surface area contributed by atoms with E-state index in [9.17, 15) is 0 Å². The van der Waals surface area contributed by atoms with Crippen molar-refractivity contribution in [3.63, 3.8) is 0 Å². The molecule has 0 saturated carbocycles. The topological polar surface area (TPSA) is 0 Å². The lowest BCUT2D eigenvalue weighted by Gasteiger charge is -2.36. The Hall–Kier alpha value is -2.08. The van der Waals surface area contributed by atoms with Gasteiger partial charge in [0.15, 0.2) is 0 Å². The maximum Gasteiger partial charge on any atom is 0.00890 e. The van der Waals surface area contributed by atoms with Crippen LogP contribution in [0.2, 0.25) is 0 Å². The van der Waals surface area contributed by atoms with E-state index < -0.39 is 0 Å². The molecule has 27 heavy (non-hydrogen) atoms.